The number of halogens is 1. The molecular formula is C14H20BrN. The highest BCUT2D eigenvalue weighted by Gasteiger charge is 2.24. The third-order valence-electron chi connectivity index (χ3n) is 3.76. The number of hydrogen-bond donors (Lipinski definition) is 0. The minimum absolute atomic E-state index is 0.651. The van der Waals surface area contributed by atoms with E-state index < -0.39 is 0 Å². The van der Waals surface area contributed by atoms with E-state index in [1.165, 1.54) is 36.0 Å². The van der Waals surface area contributed by atoms with Crippen LogP contribution < -0.4 is 0 Å². The number of piperidine rings is 1. The first-order valence-electron chi connectivity index (χ1n) is 6.11. The summed E-state index contributed by atoms with van der Waals surface area (Å²) in [5.74, 6) is 1.45. The van der Waals surface area contributed by atoms with Gasteiger partial charge in [0.05, 0.1) is 0 Å². The molecule has 1 aromatic carbocycles. The van der Waals surface area contributed by atoms with Gasteiger partial charge in [-0.2, -0.15) is 0 Å². The third kappa shape index (κ3) is 2.67. The SMILES string of the molecule is CC(c1ccccc1Br)C1CCCN(C)C1. The quantitative estimate of drug-likeness (QED) is 0.795. The molecule has 2 rings (SSSR count). The summed E-state index contributed by atoms with van der Waals surface area (Å²) in [4.78, 5) is 2.46. The summed E-state index contributed by atoms with van der Waals surface area (Å²) in [6.45, 7) is 4.87. The van der Waals surface area contributed by atoms with Gasteiger partial charge in [-0.15, -0.1) is 0 Å². The fourth-order valence-electron chi connectivity index (χ4n) is 2.71. The molecule has 0 aliphatic carbocycles. The van der Waals surface area contributed by atoms with E-state index in [1.807, 2.05) is 0 Å². The van der Waals surface area contributed by atoms with Gasteiger partial charge in [-0.05, 0) is 49.9 Å². The molecule has 1 saturated heterocycles. The van der Waals surface area contributed by atoms with Crippen molar-refractivity contribution in [1.29, 1.82) is 0 Å². The first-order chi connectivity index (χ1) is 7.68. The predicted molar refractivity (Wildman–Crippen MR) is 72.8 cm³/mol. The van der Waals surface area contributed by atoms with Crippen LogP contribution in [0.15, 0.2) is 28.7 Å². The molecule has 2 unspecified atom stereocenters. The minimum Gasteiger partial charge on any atom is -0.306 e. The molecule has 2 atom stereocenters. The molecule has 1 nitrogen and oxygen atoms in total. The number of rotatable bonds is 2. The maximum atomic E-state index is 3.67. The van der Waals surface area contributed by atoms with Gasteiger partial charge in [0.1, 0.15) is 0 Å². The van der Waals surface area contributed by atoms with Crippen LogP contribution in [0.3, 0.4) is 0 Å². The second-order valence-corrected chi connectivity index (χ2v) is 5.83. The Balaban J connectivity index is 2.12. The lowest BCUT2D eigenvalue weighted by molar-refractivity contribution is 0.191. The largest absolute Gasteiger partial charge is 0.306 e. The van der Waals surface area contributed by atoms with Crippen LogP contribution in [0.1, 0.15) is 31.2 Å². The van der Waals surface area contributed by atoms with E-state index in [0.29, 0.717) is 5.92 Å². The van der Waals surface area contributed by atoms with Gasteiger partial charge in [0.2, 0.25) is 0 Å². The number of likely N-dealkylation sites (tertiary alicyclic amines) is 1. The second-order valence-electron chi connectivity index (χ2n) is 4.97. The monoisotopic (exact) mass is 281 g/mol. The first-order valence-corrected chi connectivity index (χ1v) is 6.90. The molecule has 0 spiro atoms. The van der Waals surface area contributed by atoms with Crippen molar-refractivity contribution in [3.8, 4) is 0 Å². The van der Waals surface area contributed by atoms with E-state index in [-0.39, 0.29) is 0 Å². The molecule has 1 heterocycles. The van der Waals surface area contributed by atoms with Crippen LogP contribution in [0, 0.1) is 5.92 Å². The van der Waals surface area contributed by atoms with Crippen molar-refractivity contribution in [3.63, 3.8) is 0 Å². The molecule has 0 N–H and O–H groups in total. The molecular weight excluding hydrogens is 262 g/mol. The Morgan fingerprint density at radius 1 is 1.38 bits per heavy atom. The Hall–Kier alpha value is -0.340. The van der Waals surface area contributed by atoms with Gasteiger partial charge in [-0.1, -0.05) is 41.1 Å². The van der Waals surface area contributed by atoms with Crippen LogP contribution in [0.5, 0.6) is 0 Å². The summed E-state index contributed by atoms with van der Waals surface area (Å²) < 4.78 is 1.26. The van der Waals surface area contributed by atoms with Gasteiger partial charge in [-0.25, -0.2) is 0 Å². The Morgan fingerprint density at radius 2 is 2.12 bits per heavy atom. The lowest BCUT2D eigenvalue weighted by atomic mass is 9.82. The van der Waals surface area contributed by atoms with E-state index in [1.54, 1.807) is 0 Å². The molecule has 16 heavy (non-hydrogen) atoms. The highest BCUT2D eigenvalue weighted by molar-refractivity contribution is 9.10. The molecule has 1 aliphatic heterocycles. The first kappa shape index (κ1) is 12.1. The van der Waals surface area contributed by atoms with Crippen molar-refractivity contribution in [1.82, 2.24) is 4.90 Å². The summed E-state index contributed by atoms with van der Waals surface area (Å²) in [5, 5.41) is 0. The van der Waals surface area contributed by atoms with Crippen molar-refractivity contribution in [3.05, 3.63) is 34.3 Å². The molecule has 1 aromatic rings. The summed E-state index contributed by atoms with van der Waals surface area (Å²) in [7, 11) is 2.24. The van der Waals surface area contributed by atoms with Crippen LogP contribution in [0.25, 0.3) is 0 Å². The third-order valence-corrected chi connectivity index (χ3v) is 4.49. The molecule has 0 aromatic heterocycles. The number of nitrogens with zero attached hydrogens (tertiary/aromatic N) is 1. The van der Waals surface area contributed by atoms with Gasteiger partial charge in [0.15, 0.2) is 0 Å². The zero-order valence-electron chi connectivity index (χ0n) is 10.1. The molecule has 0 radical (unpaired) electrons. The van der Waals surface area contributed by atoms with Gasteiger partial charge in [0, 0.05) is 11.0 Å². The topological polar surface area (TPSA) is 3.24 Å². The van der Waals surface area contributed by atoms with E-state index in [4.69, 9.17) is 0 Å². The van der Waals surface area contributed by atoms with Crippen LogP contribution in [0.2, 0.25) is 0 Å². The van der Waals surface area contributed by atoms with E-state index in [2.05, 4.69) is 59.1 Å². The smallest absolute Gasteiger partial charge is 0.0210 e. The summed E-state index contributed by atoms with van der Waals surface area (Å²) in [6, 6.07) is 8.64. The molecule has 0 amide bonds. The molecule has 1 aliphatic rings. The zero-order valence-corrected chi connectivity index (χ0v) is 11.7. The lowest BCUT2D eigenvalue weighted by Gasteiger charge is -2.34. The molecule has 88 valence electrons. The highest BCUT2D eigenvalue weighted by atomic mass is 79.9. The zero-order chi connectivity index (χ0) is 11.5. The van der Waals surface area contributed by atoms with Crippen LogP contribution in [-0.2, 0) is 0 Å². The Labute approximate surface area is 107 Å². The molecule has 0 bridgehead atoms. The van der Waals surface area contributed by atoms with Gasteiger partial charge in [0.25, 0.3) is 0 Å². The molecule has 0 saturated carbocycles. The maximum absolute atomic E-state index is 3.67. The van der Waals surface area contributed by atoms with Crippen LogP contribution >= 0.6 is 15.9 Å². The average molecular weight is 282 g/mol. The Kier molecular flexibility index (Phi) is 4.04. The molecule has 2 heteroatoms. The van der Waals surface area contributed by atoms with Gasteiger partial charge >= 0.3 is 0 Å². The van der Waals surface area contributed by atoms with Crippen LogP contribution in [-0.4, -0.2) is 25.0 Å². The van der Waals surface area contributed by atoms with Crippen molar-refractivity contribution in [2.45, 2.75) is 25.7 Å². The second kappa shape index (κ2) is 5.33. The summed E-state index contributed by atoms with van der Waals surface area (Å²) in [5.41, 5.74) is 1.46. The van der Waals surface area contributed by atoms with Gasteiger partial charge in [-0.3, -0.25) is 0 Å². The summed E-state index contributed by atoms with van der Waals surface area (Å²) in [6.07, 6.45) is 2.71. The molecule has 1 fully saturated rings. The Bertz CT molecular complexity index is 350. The normalized spacial score (nSPS) is 24.3. The van der Waals surface area contributed by atoms with Crippen molar-refractivity contribution in [2.75, 3.05) is 20.1 Å². The summed E-state index contributed by atoms with van der Waals surface area (Å²) >= 11 is 3.67. The lowest BCUT2D eigenvalue weighted by Crippen LogP contribution is -2.34. The van der Waals surface area contributed by atoms with E-state index in [0.717, 1.165) is 5.92 Å². The number of hydrogen-bond acceptors (Lipinski definition) is 1. The fourth-order valence-corrected chi connectivity index (χ4v) is 3.36. The standard InChI is InChI=1S/C14H20BrN/c1-11(12-6-5-9-16(2)10-12)13-7-3-4-8-14(13)15/h3-4,7-8,11-12H,5-6,9-10H2,1-2H3. The van der Waals surface area contributed by atoms with Crippen molar-refractivity contribution < 1.29 is 0 Å². The van der Waals surface area contributed by atoms with Gasteiger partial charge < -0.3 is 4.90 Å². The average Bonchev–Trinajstić information content (AvgIpc) is 2.29. The fraction of sp³-hybridized carbons (Fsp3) is 0.571. The van der Waals surface area contributed by atoms with Crippen molar-refractivity contribution >= 4 is 15.9 Å². The Morgan fingerprint density at radius 3 is 2.81 bits per heavy atom. The number of benzene rings is 1. The van der Waals surface area contributed by atoms with Crippen LogP contribution in [0.4, 0.5) is 0 Å². The van der Waals surface area contributed by atoms with E-state index in [9.17, 15) is 0 Å². The van der Waals surface area contributed by atoms with E-state index >= 15 is 0 Å². The maximum Gasteiger partial charge on any atom is 0.0210 e. The minimum atomic E-state index is 0.651. The van der Waals surface area contributed by atoms with Crippen molar-refractivity contribution in [2.24, 2.45) is 5.92 Å². The predicted octanol–water partition coefficient (Wildman–Crippen LogP) is 3.89. The highest BCUT2D eigenvalue weighted by Crippen LogP contribution is 2.34.